The summed E-state index contributed by atoms with van der Waals surface area (Å²) in [5.74, 6) is -0.746. The summed E-state index contributed by atoms with van der Waals surface area (Å²) in [5, 5.41) is 0. The maximum atomic E-state index is 13.2. The molecule has 10 heteroatoms. The summed E-state index contributed by atoms with van der Waals surface area (Å²) in [6, 6.07) is 4.44. The first kappa shape index (κ1) is 20.1. The van der Waals surface area contributed by atoms with E-state index in [2.05, 4.69) is 9.72 Å². The van der Waals surface area contributed by atoms with Gasteiger partial charge in [0.2, 0.25) is 0 Å². The highest BCUT2D eigenvalue weighted by Crippen LogP contribution is 2.47. The predicted octanol–water partition coefficient (Wildman–Crippen LogP) is 5.99. The Labute approximate surface area is 156 Å². The van der Waals surface area contributed by atoms with E-state index >= 15 is 0 Å². The minimum Gasteiger partial charge on any atom is -0.493 e. The molecular weight excluding hydrogens is 392 g/mol. The van der Waals surface area contributed by atoms with E-state index in [1.807, 2.05) is 0 Å². The number of aryl methyl sites for hydroxylation is 1. The Kier molecular flexibility index (Phi) is 5.07. The van der Waals surface area contributed by atoms with Crippen LogP contribution in [0, 0.1) is 6.92 Å². The highest BCUT2D eigenvalue weighted by atomic mass is 19.4. The number of alkyl halides is 6. The van der Waals surface area contributed by atoms with Gasteiger partial charge in [0.25, 0.3) is 0 Å². The Morgan fingerprint density at radius 3 is 2.18 bits per heavy atom. The van der Waals surface area contributed by atoms with Gasteiger partial charge in [0.05, 0.1) is 12.8 Å². The van der Waals surface area contributed by atoms with Gasteiger partial charge in [0, 0.05) is 6.07 Å². The molecule has 4 nitrogen and oxygen atoms in total. The van der Waals surface area contributed by atoms with E-state index < -0.39 is 24.0 Å². The van der Waals surface area contributed by atoms with Crippen molar-refractivity contribution in [3.63, 3.8) is 0 Å². The smallest absolute Gasteiger partial charge is 0.493 e. The fraction of sp³-hybridized carbons (Fsp3) is 0.389. The van der Waals surface area contributed by atoms with Crippen LogP contribution in [0.4, 0.5) is 26.3 Å². The molecule has 1 aromatic carbocycles. The maximum absolute atomic E-state index is 13.2. The summed E-state index contributed by atoms with van der Waals surface area (Å²) < 4.78 is 91.2. The fourth-order valence-corrected chi connectivity index (χ4v) is 2.69. The van der Waals surface area contributed by atoms with Gasteiger partial charge in [0.15, 0.2) is 11.5 Å². The first-order valence-electron chi connectivity index (χ1n) is 8.18. The van der Waals surface area contributed by atoms with Crippen molar-refractivity contribution in [2.45, 2.75) is 38.2 Å². The van der Waals surface area contributed by atoms with Crippen LogP contribution < -0.4 is 14.2 Å². The zero-order valence-corrected chi connectivity index (χ0v) is 14.7. The molecule has 1 aliphatic rings. The Balaban J connectivity index is 1.94. The van der Waals surface area contributed by atoms with Crippen molar-refractivity contribution in [2.24, 2.45) is 0 Å². The second-order valence-electron chi connectivity index (χ2n) is 6.24. The minimum atomic E-state index is -4.87. The van der Waals surface area contributed by atoms with Crippen LogP contribution in [0.5, 0.6) is 23.0 Å². The van der Waals surface area contributed by atoms with Gasteiger partial charge in [-0.15, -0.1) is 13.2 Å². The molecule has 0 unspecified atom stereocenters. The van der Waals surface area contributed by atoms with Gasteiger partial charge in [-0.2, -0.15) is 13.2 Å². The molecule has 0 atom stereocenters. The van der Waals surface area contributed by atoms with Crippen LogP contribution in [0.3, 0.4) is 0 Å². The van der Waals surface area contributed by atoms with Gasteiger partial charge < -0.3 is 14.2 Å². The molecule has 0 spiro atoms. The van der Waals surface area contributed by atoms with E-state index in [-0.39, 0.29) is 34.4 Å². The molecule has 0 aliphatic heterocycles. The van der Waals surface area contributed by atoms with Crippen molar-refractivity contribution in [3.05, 3.63) is 41.2 Å². The summed E-state index contributed by atoms with van der Waals surface area (Å²) in [7, 11) is 1.22. The SMILES string of the molecule is COc1cc(OC(F)(F)F)ccc1Oc1cc(C2CC2)c(C(F)(F)F)nc1C. The lowest BCUT2D eigenvalue weighted by atomic mass is 10.1. The molecule has 152 valence electrons. The molecule has 0 amide bonds. The predicted molar refractivity (Wildman–Crippen MR) is 85.7 cm³/mol. The van der Waals surface area contributed by atoms with E-state index in [0.717, 1.165) is 12.1 Å². The van der Waals surface area contributed by atoms with Gasteiger partial charge >= 0.3 is 12.5 Å². The van der Waals surface area contributed by atoms with Gasteiger partial charge in [-0.3, -0.25) is 0 Å². The average molecular weight is 407 g/mol. The molecule has 0 bridgehead atoms. The molecule has 2 aromatic rings. The molecule has 3 rings (SSSR count). The third-order valence-electron chi connectivity index (χ3n) is 4.07. The highest BCUT2D eigenvalue weighted by molar-refractivity contribution is 5.49. The Morgan fingerprint density at radius 2 is 1.64 bits per heavy atom. The van der Waals surface area contributed by atoms with Crippen LogP contribution in [0.1, 0.15) is 35.7 Å². The largest absolute Gasteiger partial charge is 0.573 e. The van der Waals surface area contributed by atoms with Crippen LogP contribution >= 0.6 is 0 Å². The van der Waals surface area contributed by atoms with Crippen molar-refractivity contribution < 1.29 is 40.6 Å². The zero-order chi connectivity index (χ0) is 20.7. The second-order valence-corrected chi connectivity index (χ2v) is 6.24. The minimum absolute atomic E-state index is 0.00519. The summed E-state index contributed by atoms with van der Waals surface area (Å²) in [6.45, 7) is 1.36. The van der Waals surface area contributed by atoms with E-state index in [0.29, 0.717) is 12.8 Å². The Bertz CT molecular complexity index is 875. The summed E-state index contributed by atoms with van der Waals surface area (Å²) in [5.41, 5.74) is -0.903. The first-order valence-corrected chi connectivity index (χ1v) is 8.18. The molecule has 1 aliphatic carbocycles. The van der Waals surface area contributed by atoms with Crippen LogP contribution in [-0.4, -0.2) is 18.5 Å². The molecule has 1 aromatic heterocycles. The molecule has 1 heterocycles. The van der Waals surface area contributed by atoms with Crippen molar-refractivity contribution >= 4 is 0 Å². The van der Waals surface area contributed by atoms with Crippen LogP contribution in [0.25, 0.3) is 0 Å². The van der Waals surface area contributed by atoms with Crippen molar-refractivity contribution in [3.8, 4) is 23.0 Å². The summed E-state index contributed by atoms with van der Waals surface area (Å²) >= 11 is 0. The molecule has 0 radical (unpaired) electrons. The number of aromatic nitrogens is 1. The van der Waals surface area contributed by atoms with Gasteiger partial charge in [-0.05, 0) is 49.4 Å². The lowest BCUT2D eigenvalue weighted by Crippen LogP contribution is -2.17. The normalized spacial score (nSPS) is 14.7. The van der Waals surface area contributed by atoms with Gasteiger partial charge in [-0.1, -0.05) is 0 Å². The van der Waals surface area contributed by atoms with Gasteiger partial charge in [-0.25, -0.2) is 4.98 Å². The van der Waals surface area contributed by atoms with E-state index in [4.69, 9.17) is 9.47 Å². The van der Waals surface area contributed by atoms with E-state index in [9.17, 15) is 26.3 Å². The van der Waals surface area contributed by atoms with Crippen molar-refractivity contribution in [2.75, 3.05) is 7.11 Å². The van der Waals surface area contributed by atoms with Crippen molar-refractivity contribution in [1.82, 2.24) is 4.98 Å². The quantitative estimate of drug-likeness (QED) is 0.572. The average Bonchev–Trinajstić information content (AvgIpc) is 3.40. The molecule has 1 saturated carbocycles. The van der Waals surface area contributed by atoms with Crippen LogP contribution in [0.15, 0.2) is 24.3 Å². The highest BCUT2D eigenvalue weighted by Gasteiger charge is 2.40. The van der Waals surface area contributed by atoms with Crippen LogP contribution in [0.2, 0.25) is 0 Å². The number of nitrogens with zero attached hydrogens (tertiary/aromatic N) is 1. The van der Waals surface area contributed by atoms with Crippen LogP contribution in [-0.2, 0) is 6.18 Å². The molecule has 0 N–H and O–H groups in total. The maximum Gasteiger partial charge on any atom is 0.573 e. The van der Waals surface area contributed by atoms with Gasteiger partial charge in [0.1, 0.15) is 17.2 Å². The number of pyridine rings is 1. The summed E-state index contributed by atoms with van der Waals surface area (Å²) in [6.07, 6.45) is -8.21. The van der Waals surface area contributed by atoms with Crippen molar-refractivity contribution in [1.29, 1.82) is 0 Å². The second kappa shape index (κ2) is 7.06. The lowest BCUT2D eigenvalue weighted by Gasteiger charge is -2.17. The number of ether oxygens (including phenoxy) is 3. The number of benzene rings is 1. The molecule has 28 heavy (non-hydrogen) atoms. The third kappa shape index (κ3) is 4.60. The molecule has 0 saturated heterocycles. The fourth-order valence-electron chi connectivity index (χ4n) is 2.69. The Hall–Kier alpha value is -2.65. The first-order chi connectivity index (χ1) is 13.0. The monoisotopic (exact) mass is 407 g/mol. The van der Waals surface area contributed by atoms with E-state index in [1.54, 1.807) is 0 Å². The number of rotatable bonds is 5. The number of hydrogen-bond acceptors (Lipinski definition) is 4. The third-order valence-corrected chi connectivity index (χ3v) is 4.07. The molecular formula is C18H15F6NO3. The Morgan fingerprint density at radius 1 is 0.964 bits per heavy atom. The zero-order valence-electron chi connectivity index (χ0n) is 14.7. The number of halogens is 6. The summed E-state index contributed by atoms with van der Waals surface area (Å²) in [4.78, 5) is 3.66. The number of hydrogen-bond donors (Lipinski definition) is 0. The lowest BCUT2D eigenvalue weighted by molar-refractivity contribution is -0.274. The van der Waals surface area contributed by atoms with E-state index in [1.165, 1.54) is 26.2 Å². The molecule has 1 fully saturated rings. The topological polar surface area (TPSA) is 40.6 Å². The standard InChI is InChI=1S/C18H15F6NO3/c1-9-14(8-12(10-3-4-10)16(25-9)17(19,20)21)27-13-6-5-11(7-15(13)26-2)28-18(22,23)24/h5-8,10H,3-4H2,1-2H3. The number of methoxy groups -OCH3 is 1.